The molecule has 0 aromatic heterocycles. The third-order valence-electron chi connectivity index (χ3n) is 18.4. The Morgan fingerprint density at radius 3 is 1.58 bits per heavy atom. The fraction of sp³-hybridized carbons (Fsp3) is 0.697. The highest BCUT2D eigenvalue weighted by molar-refractivity contribution is 6.00. The number of nitrogens with zero attached hydrogens (tertiary/aromatic N) is 2. The number of primary amides is 1. The van der Waals surface area contributed by atoms with Crippen molar-refractivity contribution in [1.29, 1.82) is 0 Å². The second kappa shape index (κ2) is 42.9. The zero-order valence-electron chi connectivity index (χ0n) is 58.7. The SMILES string of the molecule is CC[C@H](C)[C@H](NC(=O)[C@@H](Cc1ccccc1)NC)C(=O)N[C@@H](CCCN=C(N)N)C(=O)N[C@H](CCC(N)=O)C(=O)N[C@@H](C(=O)N[C@H](C(=O)N[C@@H](CO)C(=O)N[C@H]1C(=O)N[C@@H](CCCN=C(N)N)C(=O)N[C@@H](C2CCCCC2)C(=O)N[C@@H]([C@@H](C)CC)C(=O)O[C@H]1C)[C@@H](C)CC)[C@@H](C)CC. The van der Waals surface area contributed by atoms with Crippen molar-refractivity contribution in [3.8, 4) is 0 Å². The molecule has 3 rings (SSSR count). The summed E-state index contributed by atoms with van der Waals surface area (Å²) < 4.78 is 5.87. The number of aliphatic hydroxyl groups excluding tert-OH is 1. The fourth-order valence-corrected chi connectivity index (χ4v) is 11.4. The van der Waals surface area contributed by atoms with Gasteiger partial charge in [0, 0.05) is 19.5 Å². The maximum atomic E-state index is 14.7. The molecule has 1 aromatic carbocycles. The number of carbonyl (C=O) groups is 12. The molecule has 1 aliphatic heterocycles. The number of esters is 1. The number of likely N-dealkylation sites (N-methyl/N-ethyl adjacent to an activating group) is 1. The van der Waals surface area contributed by atoms with E-state index in [2.05, 4.69) is 68.5 Å². The molecule has 1 heterocycles. The van der Waals surface area contributed by atoms with Gasteiger partial charge in [0.05, 0.1) is 12.6 Å². The van der Waals surface area contributed by atoms with Gasteiger partial charge in [0.1, 0.15) is 66.5 Å². The minimum atomic E-state index is -1.84. The smallest absolute Gasteiger partial charge is 0.329 e. The van der Waals surface area contributed by atoms with Crippen LogP contribution in [-0.4, -0.2) is 187 Å². The van der Waals surface area contributed by atoms with Crippen LogP contribution in [0.5, 0.6) is 0 Å². The van der Waals surface area contributed by atoms with Crippen LogP contribution in [0, 0.1) is 29.6 Å². The third-order valence-corrected chi connectivity index (χ3v) is 18.4. The van der Waals surface area contributed by atoms with Gasteiger partial charge in [-0.05, 0) is 100 Å². The van der Waals surface area contributed by atoms with Gasteiger partial charge in [0.15, 0.2) is 11.9 Å². The lowest BCUT2D eigenvalue weighted by Crippen LogP contribution is -2.63. The summed E-state index contributed by atoms with van der Waals surface area (Å²) in [7, 11) is 1.62. The molecule has 1 aromatic rings. The molecule has 0 unspecified atom stereocenters. The Labute approximate surface area is 575 Å². The van der Waals surface area contributed by atoms with Gasteiger partial charge in [-0.25, -0.2) is 4.79 Å². The Morgan fingerprint density at radius 2 is 1.07 bits per heavy atom. The van der Waals surface area contributed by atoms with Gasteiger partial charge in [0.2, 0.25) is 65.0 Å². The molecule has 16 atom stereocenters. The molecule has 1 aliphatic carbocycles. The molecule has 550 valence electrons. The molecule has 2 fully saturated rings. The van der Waals surface area contributed by atoms with Gasteiger partial charge in [0.25, 0.3) is 0 Å². The van der Waals surface area contributed by atoms with Gasteiger partial charge in [-0.15, -0.1) is 0 Å². The van der Waals surface area contributed by atoms with Crippen molar-refractivity contribution >= 4 is 82.9 Å². The number of aliphatic hydroxyl groups is 1. The molecule has 0 radical (unpaired) electrons. The predicted octanol–water partition coefficient (Wildman–Crippen LogP) is -2.26. The molecule has 0 spiro atoms. The molecule has 32 heteroatoms. The van der Waals surface area contributed by atoms with Crippen molar-refractivity contribution in [3.05, 3.63) is 35.9 Å². The Morgan fingerprint density at radius 1 is 0.582 bits per heavy atom. The zero-order valence-corrected chi connectivity index (χ0v) is 58.7. The van der Waals surface area contributed by atoms with Crippen molar-refractivity contribution < 1.29 is 67.4 Å². The second-order valence-electron chi connectivity index (χ2n) is 25.9. The van der Waals surface area contributed by atoms with E-state index in [0.29, 0.717) is 32.1 Å². The van der Waals surface area contributed by atoms with Crippen LogP contribution in [0.4, 0.5) is 0 Å². The van der Waals surface area contributed by atoms with E-state index < -0.39 is 180 Å². The van der Waals surface area contributed by atoms with Crippen LogP contribution < -0.4 is 87.2 Å². The number of hydrogen-bond acceptors (Lipinski definition) is 17. The molecule has 98 heavy (non-hydrogen) atoms. The highest BCUT2D eigenvalue weighted by Gasteiger charge is 2.43. The highest BCUT2D eigenvalue weighted by Crippen LogP contribution is 2.28. The number of ether oxygens (including phenoxy) is 1. The third kappa shape index (κ3) is 27.3. The summed E-state index contributed by atoms with van der Waals surface area (Å²) in [6, 6.07) is -5.85. The Hall–Kier alpha value is -8.68. The first kappa shape index (κ1) is 83.5. The molecule has 0 bridgehead atoms. The highest BCUT2D eigenvalue weighted by atomic mass is 16.5. The zero-order chi connectivity index (χ0) is 73.3. The first-order chi connectivity index (χ1) is 46.4. The number of aliphatic imine (C=N–C) groups is 2. The monoisotopic (exact) mass is 1380 g/mol. The van der Waals surface area contributed by atoms with E-state index in [9.17, 15) is 62.6 Å². The number of nitrogens with one attached hydrogen (secondary N) is 11. The van der Waals surface area contributed by atoms with E-state index >= 15 is 0 Å². The molecular weight excluding hydrogens is 1270 g/mol. The van der Waals surface area contributed by atoms with E-state index in [4.69, 9.17) is 33.4 Å². The number of cyclic esters (lactones) is 1. The number of hydrogen-bond donors (Lipinski definition) is 17. The first-order valence-corrected chi connectivity index (χ1v) is 34.4. The first-order valence-electron chi connectivity index (χ1n) is 34.4. The predicted molar refractivity (Wildman–Crippen MR) is 368 cm³/mol. The van der Waals surface area contributed by atoms with E-state index in [1.807, 2.05) is 37.3 Å². The van der Waals surface area contributed by atoms with Crippen molar-refractivity contribution in [3.63, 3.8) is 0 Å². The van der Waals surface area contributed by atoms with Crippen molar-refractivity contribution in [2.45, 2.75) is 238 Å². The van der Waals surface area contributed by atoms with Gasteiger partial charge in [-0.3, -0.25) is 62.7 Å². The van der Waals surface area contributed by atoms with E-state index in [1.165, 1.54) is 6.92 Å². The Bertz CT molecular complexity index is 2870. The van der Waals surface area contributed by atoms with E-state index in [-0.39, 0.29) is 75.9 Å². The van der Waals surface area contributed by atoms with Crippen LogP contribution in [-0.2, 0) is 68.7 Å². The molecule has 2 aliphatic rings. The average Bonchev–Trinajstić information content (AvgIpc) is 1.33. The molecule has 32 nitrogen and oxygen atoms in total. The summed E-state index contributed by atoms with van der Waals surface area (Å²) in [5, 5.41) is 40.5. The summed E-state index contributed by atoms with van der Waals surface area (Å²) in [6.45, 7) is 14.1. The maximum absolute atomic E-state index is 14.7. The summed E-state index contributed by atoms with van der Waals surface area (Å²) in [6.07, 6.45) is 3.21. The minimum Gasteiger partial charge on any atom is -0.458 e. The van der Waals surface area contributed by atoms with Crippen LogP contribution in [0.25, 0.3) is 0 Å². The normalized spacial score (nSPS) is 21.2. The number of amides is 11. The number of nitrogens with two attached hydrogens (primary N) is 5. The topological polar surface area (TPSA) is 521 Å². The van der Waals surface area contributed by atoms with Crippen molar-refractivity contribution in [1.82, 2.24) is 58.5 Å². The van der Waals surface area contributed by atoms with E-state index in [0.717, 1.165) is 24.8 Å². The van der Waals surface area contributed by atoms with Crippen LogP contribution in [0.3, 0.4) is 0 Å². The molecular formula is C66H112N18O14. The number of rotatable bonds is 38. The Balaban J connectivity index is 1.97. The molecule has 11 amide bonds. The summed E-state index contributed by atoms with van der Waals surface area (Å²) in [5.41, 5.74) is 28.7. The fourth-order valence-electron chi connectivity index (χ4n) is 11.4. The maximum Gasteiger partial charge on any atom is 0.329 e. The van der Waals surface area contributed by atoms with Crippen LogP contribution in [0.2, 0.25) is 0 Å². The lowest BCUT2D eigenvalue weighted by Gasteiger charge is -2.33. The summed E-state index contributed by atoms with van der Waals surface area (Å²) >= 11 is 0. The molecule has 1 saturated carbocycles. The number of carbonyl (C=O) groups excluding carboxylic acids is 12. The standard InChI is InChI=1S/C66H112N18O14/c1-11-35(5)48(80-57(90)45(72-10)33-40-23-17-15-18-24-40)59(92)76-42(27-21-31-73-65(68)69)54(87)75-44(29-30-47(67)86)56(89)79-50(37(7)13-3)61(94)81-49(36(6)12-2)60(93)78-46(34-85)58(91)83-52-39(9)98-64(97)51(38(8)14-4)82-63(96)53(41-25-19-16-20-26-41)84-55(88)43(77-62(52)95)28-22-32-74-66(70)71/h15,17-18,23-24,35-39,41-46,48-53,72,85H,11-14,16,19-22,25-34H2,1-10H3,(H2,67,86)(H,75,87)(H,76,92)(H,77,95)(H,78,93)(H,79,89)(H,80,90)(H,81,94)(H,82,96)(H,83,91)(H,84,88)(H4,68,69,73)(H4,70,71,74)/t35-,36-,37-,38-,39-,42-,43-,44+,45+,46-,48-,49-,50+,51-,52+,53-/m0/s1. The second-order valence-corrected chi connectivity index (χ2v) is 25.9. The quantitative estimate of drug-likeness (QED) is 0.0144. The largest absolute Gasteiger partial charge is 0.458 e. The van der Waals surface area contributed by atoms with Gasteiger partial charge < -0.3 is 97.0 Å². The van der Waals surface area contributed by atoms with Gasteiger partial charge in [-0.1, -0.05) is 131 Å². The minimum absolute atomic E-state index is 0.0336. The number of benzene rings is 1. The summed E-state index contributed by atoms with van der Waals surface area (Å²) in [4.78, 5) is 178. The van der Waals surface area contributed by atoms with E-state index in [1.54, 1.807) is 55.5 Å². The lowest BCUT2D eigenvalue weighted by atomic mass is 9.83. The van der Waals surface area contributed by atoms with Crippen LogP contribution >= 0.6 is 0 Å². The lowest BCUT2D eigenvalue weighted by molar-refractivity contribution is -0.157. The molecule has 22 N–H and O–H groups in total. The van der Waals surface area contributed by atoms with Crippen LogP contribution in [0.15, 0.2) is 40.3 Å². The average molecular weight is 1380 g/mol. The van der Waals surface area contributed by atoms with Crippen LogP contribution in [0.1, 0.15) is 164 Å². The van der Waals surface area contributed by atoms with Crippen molar-refractivity contribution in [2.24, 2.45) is 68.2 Å². The van der Waals surface area contributed by atoms with Gasteiger partial charge >= 0.3 is 5.97 Å². The number of guanidine groups is 2. The molecule has 1 saturated heterocycles. The van der Waals surface area contributed by atoms with Crippen molar-refractivity contribution in [2.75, 3.05) is 26.7 Å². The summed E-state index contributed by atoms with van der Waals surface area (Å²) in [5.74, 6) is -13.3. The van der Waals surface area contributed by atoms with Gasteiger partial charge in [-0.2, -0.15) is 0 Å². The Kier molecular flexibility index (Phi) is 36.6.